The summed E-state index contributed by atoms with van der Waals surface area (Å²) < 4.78 is 0. The van der Waals surface area contributed by atoms with Crippen molar-refractivity contribution in [3.8, 4) is 0 Å². The van der Waals surface area contributed by atoms with E-state index in [1.807, 2.05) is 6.92 Å². The maximum Gasteiger partial charge on any atom is 0.253 e. The van der Waals surface area contributed by atoms with Gasteiger partial charge < -0.3 is 11.1 Å². The van der Waals surface area contributed by atoms with Crippen LogP contribution in [0.25, 0.3) is 0 Å². The molecule has 1 heterocycles. The van der Waals surface area contributed by atoms with Crippen LogP contribution < -0.4 is 11.1 Å². The lowest BCUT2D eigenvalue weighted by atomic mass is 10.1. The fourth-order valence-corrected chi connectivity index (χ4v) is 1.40. The van der Waals surface area contributed by atoms with Crippen LogP contribution in [0.1, 0.15) is 17.3 Å². The molecule has 1 amide bonds. The lowest BCUT2D eigenvalue weighted by molar-refractivity contribution is 0.0961. The van der Waals surface area contributed by atoms with Gasteiger partial charge in [0.2, 0.25) is 0 Å². The van der Waals surface area contributed by atoms with E-state index in [0.717, 1.165) is 5.71 Å². The third kappa shape index (κ3) is 1.35. The monoisotopic (exact) mass is 189 g/mol. The zero-order valence-electron chi connectivity index (χ0n) is 7.87. The van der Waals surface area contributed by atoms with Crippen molar-refractivity contribution in [2.24, 2.45) is 4.99 Å². The topological polar surface area (TPSA) is 67.5 Å². The van der Waals surface area contributed by atoms with E-state index in [1.165, 1.54) is 0 Å². The molecule has 1 aromatic rings. The highest BCUT2D eigenvalue weighted by atomic mass is 16.1. The summed E-state index contributed by atoms with van der Waals surface area (Å²) in [6, 6.07) is 5.22. The number of nitrogens with one attached hydrogen (secondary N) is 1. The number of anilines is 1. The van der Waals surface area contributed by atoms with Crippen LogP contribution in [0.2, 0.25) is 0 Å². The number of fused-ring (bicyclic) bond motifs is 1. The van der Waals surface area contributed by atoms with Crippen LogP contribution >= 0.6 is 0 Å². The van der Waals surface area contributed by atoms with E-state index in [-0.39, 0.29) is 5.91 Å². The van der Waals surface area contributed by atoms with Gasteiger partial charge in [-0.2, -0.15) is 0 Å². The number of nitrogens with zero attached hydrogens (tertiary/aromatic N) is 1. The lowest BCUT2D eigenvalue weighted by Gasteiger charge is -2.03. The second-order valence-corrected chi connectivity index (χ2v) is 3.27. The van der Waals surface area contributed by atoms with Gasteiger partial charge in [0.05, 0.1) is 23.5 Å². The first-order valence-electron chi connectivity index (χ1n) is 4.39. The first-order chi connectivity index (χ1) is 6.68. The molecular weight excluding hydrogens is 178 g/mol. The SMILES string of the molecule is CC1=Nc2c(N)cccc2C(=O)NC1. The predicted molar refractivity (Wildman–Crippen MR) is 56.0 cm³/mol. The van der Waals surface area contributed by atoms with Crippen LogP contribution in [0.3, 0.4) is 0 Å². The van der Waals surface area contributed by atoms with Crippen molar-refractivity contribution >= 4 is 23.0 Å². The Bertz CT molecular complexity index is 423. The summed E-state index contributed by atoms with van der Waals surface area (Å²) in [5, 5.41) is 2.75. The van der Waals surface area contributed by atoms with Crippen LogP contribution in [-0.2, 0) is 0 Å². The highest BCUT2D eigenvalue weighted by Gasteiger charge is 2.16. The zero-order chi connectivity index (χ0) is 10.1. The van der Waals surface area contributed by atoms with E-state index in [9.17, 15) is 4.79 Å². The average Bonchev–Trinajstić information content (AvgIpc) is 2.30. The number of amides is 1. The highest BCUT2D eigenvalue weighted by molar-refractivity contribution is 6.06. The number of nitrogens with two attached hydrogens (primary N) is 1. The van der Waals surface area contributed by atoms with Gasteiger partial charge in [0, 0.05) is 5.71 Å². The molecule has 0 radical (unpaired) electrons. The molecule has 0 saturated heterocycles. The molecule has 14 heavy (non-hydrogen) atoms. The van der Waals surface area contributed by atoms with E-state index in [0.29, 0.717) is 23.5 Å². The maximum atomic E-state index is 11.6. The van der Waals surface area contributed by atoms with Crippen molar-refractivity contribution in [1.29, 1.82) is 0 Å². The molecule has 1 aliphatic heterocycles. The molecule has 4 nitrogen and oxygen atoms in total. The Balaban J connectivity index is 2.65. The first kappa shape index (κ1) is 8.74. The largest absolute Gasteiger partial charge is 0.397 e. The predicted octanol–water partition coefficient (Wildman–Crippen LogP) is 1.10. The third-order valence-electron chi connectivity index (χ3n) is 2.12. The van der Waals surface area contributed by atoms with E-state index in [4.69, 9.17) is 5.73 Å². The van der Waals surface area contributed by atoms with Crippen molar-refractivity contribution in [2.45, 2.75) is 6.92 Å². The molecule has 0 aromatic heterocycles. The van der Waals surface area contributed by atoms with Crippen molar-refractivity contribution in [3.63, 3.8) is 0 Å². The first-order valence-corrected chi connectivity index (χ1v) is 4.39. The molecule has 0 aliphatic carbocycles. The summed E-state index contributed by atoms with van der Waals surface area (Å²) >= 11 is 0. The number of hydrogen-bond acceptors (Lipinski definition) is 3. The Hall–Kier alpha value is -1.84. The number of carbonyl (C=O) groups is 1. The lowest BCUT2D eigenvalue weighted by Crippen LogP contribution is -2.26. The quantitative estimate of drug-likeness (QED) is 0.600. The van der Waals surface area contributed by atoms with Gasteiger partial charge >= 0.3 is 0 Å². The molecule has 0 spiro atoms. The Labute approximate surface area is 81.8 Å². The summed E-state index contributed by atoms with van der Waals surface area (Å²) in [5.74, 6) is -0.118. The molecular formula is C10H11N3O. The summed E-state index contributed by atoms with van der Waals surface area (Å²) in [6.07, 6.45) is 0. The van der Waals surface area contributed by atoms with Crippen LogP contribution in [0, 0.1) is 0 Å². The third-order valence-corrected chi connectivity index (χ3v) is 2.12. The molecule has 0 unspecified atom stereocenters. The number of benzene rings is 1. The van der Waals surface area contributed by atoms with Crippen molar-refractivity contribution in [3.05, 3.63) is 23.8 Å². The summed E-state index contributed by atoms with van der Waals surface area (Å²) in [6.45, 7) is 2.34. The molecule has 0 bridgehead atoms. The zero-order valence-corrected chi connectivity index (χ0v) is 7.87. The van der Waals surface area contributed by atoms with Gasteiger partial charge in [-0.15, -0.1) is 0 Å². The molecule has 1 aliphatic rings. The van der Waals surface area contributed by atoms with Gasteiger partial charge in [-0.05, 0) is 19.1 Å². The second kappa shape index (κ2) is 3.14. The average molecular weight is 189 g/mol. The molecule has 4 heteroatoms. The van der Waals surface area contributed by atoms with Gasteiger partial charge in [0.1, 0.15) is 0 Å². The number of nitrogen functional groups attached to an aromatic ring is 1. The van der Waals surface area contributed by atoms with E-state index in [2.05, 4.69) is 10.3 Å². The maximum absolute atomic E-state index is 11.6. The highest BCUT2D eigenvalue weighted by Crippen LogP contribution is 2.27. The number of hydrogen-bond donors (Lipinski definition) is 2. The van der Waals surface area contributed by atoms with E-state index < -0.39 is 0 Å². The van der Waals surface area contributed by atoms with Crippen LogP contribution in [0.5, 0.6) is 0 Å². The molecule has 3 N–H and O–H groups in total. The Morgan fingerprint density at radius 2 is 2.29 bits per heavy atom. The van der Waals surface area contributed by atoms with E-state index >= 15 is 0 Å². The van der Waals surface area contributed by atoms with Gasteiger partial charge in [-0.25, -0.2) is 0 Å². The molecule has 0 saturated carbocycles. The number of rotatable bonds is 0. The van der Waals surface area contributed by atoms with Crippen molar-refractivity contribution in [2.75, 3.05) is 12.3 Å². The summed E-state index contributed by atoms with van der Waals surface area (Å²) in [5.41, 5.74) is 8.27. The van der Waals surface area contributed by atoms with E-state index in [1.54, 1.807) is 18.2 Å². The number of para-hydroxylation sites is 1. The van der Waals surface area contributed by atoms with Gasteiger partial charge in [-0.3, -0.25) is 9.79 Å². The minimum atomic E-state index is -0.118. The minimum Gasteiger partial charge on any atom is -0.397 e. The molecule has 0 fully saturated rings. The fraction of sp³-hybridized carbons (Fsp3) is 0.200. The standard InChI is InChI=1S/C10H11N3O/c1-6-5-12-10(14)7-3-2-4-8(11)9(7)13-6/h2-4H,5,11H2,1H3,(H,12,14). The fourth-order valence-electron chi connectivity index (χ4n) is 1.40. The molecule has 0 atom stereocenters. The number of carbonyl (C=O) groups excluding carboxylic acids is 1. The minimum absolute atomic E-state index is 0.118. The Morgan fingerprint density at radius 3 is 3.07 bits per heavy atom. The van der Waals surface area contributed by atoms with Gasteiger partial charge in [-0.1, -0.05) is 6.07 Å². The normalized spacial score (nSPS) is 15.2. The van der Waals surface area contributed by atoms with Crippen molar-refractivity contribution in [1.82, 2.24) is 5.32 Å². The second-order valence-electron chi connectivity index (χ2n) is 3.27. The van der Waals surface area contributed by atoms with Crippen LogP contribution in [0.15, 0.2) is 23.2 Å². The summed E-state index contributed by atoms with van der Waals surface area (Å²) in [4.78, 5) is 15.9. The van der Waals surface area contributed by atoms with Gasteiger partial charge in [0.25, 0.3) is 5.91 Å². The Morgan fingerprint density at radius 1 is 1.50 bits per heavy atom. The molecule has 72 valence electrons. The van der Waals surface area contributed by atoms with Crippen molar-refractivity contribution < 1.29 is 4.79 Å². The van der Waals surface area contributed by atoms with Crippen LogP contribution in [-0.4, -0.2) is 18.2 Å². The molecule has 1 aromatic carbocycles. The van der Waals surface area contributed by atoms with Gasteiger partial charge in [0.15, 0.2) is 0 Å². The number of aliphatic imine (C=N–C) groups is 1. The summed E-state index contributed by atoms with van der Waals surface area (Å²) in [7, 11) is 0. The smallest absolute Gasteiger partial charge is 0.253 e. The molecule has 2 rings (SSSR count). The van der Waals surface area contributed by atoms with Crippen LogP contribution in [0.4, 0.5) is 11.4 Å². The Kier molecular flexibility index (Phi) is 1.96.